The van der Waals surface area contributed by atoms with Crippen LogP contribution in [-0.4, -0.2) is 65.1 Å². The largest absolute Gasteiger partial charge is 0.497 e. The molecule has 1 N–H and O–H groups in total. The van der Waals surface area contributed by atoms with Crippen molar-refractivity contribution in [2.75, 3.05) is 38.2 Å². The molecule has 0 unspecified atom stereocenters. The van der Waals surface area contributed by atoms with E-state index in [0.29, 0.717) is 23.7 Å². The maximum Gasteiger partial charge on any atom is 0.264 e. The second-order valence-electron chi connectivity index (χ2n) is 10.5. The molecular formula is C34H34FN3O7S. The number of nitrogens with one attached hydrogen (secondary N) is 1. The lowest BCUT2D eigenvalue weighted by Gasteiger charge is -2.33. The molecule has 1 heterocycles. The molecule has 1 aliphatic heterocycles. The molecule has 1 aliphatic rings. The molecular weight excluding hydrogens is 613 g/mol. The van der Waals surface area contributed by atoms with Crippen LogP contribution in [0.2, 0.25) is 0 Å². The summed E-state index contributed by atoms with van der Waals surface area (Å²) < 4.78 is 59.8. The van der Waals surface area contributed by atoms with Crippen LogP contribution in [-0.2, 0) is 32.6 Å². The van der Waals surface area contributed by atoms with Gasteiger partial charge in [0.15, 0.2) is 11.5 Å². The summed E-state index contributed by atoms with van der Waals surface area (Å²) in [5.41, 5.74) is 1.53. The molecule has 2 amide bonds. The van der Waals surface area contributed by atoms with Gasteiger partial charge in [-0.15, -0.1) is 0 Å². The number of nitrogens with zero attached hydrogens (tertiary/aromatic N) is 2. The predicted molar refractivity (Wildman–Crippen MR) is 170 cm³/mol. The van der Waals surface area contributed by atoms with Crippen molar-refractivity contribution in [3.05, 3.63) is 114 Å². The summed E-state index contributed by atoms with van der Waals surface area (Å²) in [5.74, 6) is -0.457. The zero-order valence-corrected chi connectivity index (χ0v) is 26.2. The fourth-order valence-electron chi connectivity index (χ4n) is 5.14. The molecule has 0 aromatic heterocycles. The van der Waals surface area contributed by atoms with Crippen molar-refractivity contribution >= 4 is 27.5 Å². The number of likely N-dealkylation sites (N-methyl/N-ethyl adjacent to an activating group) is 1. The van der Waals surface area contributed by atoms with E-state index in [1.807, 2.05) is 30.3 Å². The molecule has 4 aromatic rings. The second kappa shape index (κ2) is 14.3. The quantitative estimate of drug-likeness (QED) is 0.245. The lowest BCUT2D eigenvalue weighted by atomic mass is 10.0. The number of sulfonamides is 1. The van der Waals surface area contributed by atoms with Gasteiger partial charge in [-0.2, -0.15) is 0 Å². The van der Waals surface area contributed by atoms with Gasteiger partial charge in [0.25, 0.3) is 10.0 Å². The van der Waals surface area contributed by atoms with Gasteiger partial charge in [0.05, 0.1) is 17.7 Å². The molecule has 0 fully saturated rings. The topological polar surface area (TPSA) is 114 Å². The van der Waals surface area contributed by atoms with Crippen LogP contribution in [0.1, 0.15) is 11.1 Å². The Bertz CT molecular complexity index is 1790. The lowest BCUT2D eigenvalue weighted by Crippen LogP contribution is -2.53. The molecule has 1 atom stereocenters. The number of rotatable bonds is 12. The number of amides is 2. The number of carbonyl (C=O) groups excluding carboxylic acids is 2. The van der Waals surface area contributed by atoms with Crippen LogP contribution in [0.3, 0.4) is 0 Å². The van der Waals surface area contributed by atoms with Gasteiger partial charge in [-0.25, -0.2) is 12.8 Å². The van der Waals surface area contributed by atoms with Crippen molar-refractivity contribution in [2.24, 2.45) is 0 Å². The van der Waals surface area contributed by atoms with Crippen LogP contribution in [0, 0.1) is 5.82 Å². The highest BCUT2D eigenvalue weighted by Gasteiger charge is 2.35. The van der Waals surface area contributed by atoms with E-state index in [4.69, 9.17) is 14.2 Å². The van der Waals surface area contributed by atoms with Gasteiger partial charge in [0.1, 0.15) is 37.4 Å². The maximum atomic E-state index is 14.4. The minimum atomic E-state index is -4.42. The maximum absolute atomic E-state index is 14.4. The minimum Gasteiger partial charge on any atom is -0.497 e. The van der Waals surface area contributed by atoms with Crippen LogP contribution in [0.15, 0.2) is 102 Å². The first-order valence-electron chi connectivity index (χ1n) is 14.6. The van der Waals surface area contributed by atoms with Crippen LogP contribution >= 0.6 is 0 Å². The first-order valence-corrected chi connectivity index (χ1v) is 16.0. The molecule has 46 heavy (non-hydrogen) atoms. The Labute approximate surface area is 267 Å². The van der Waals surface area contributed by atoms with Crippen LogP contribution in [0.25, 0.3) is 0 Å². The first kappa shape index (κ1) is 32.3. The fraction of sp³-hybridized carbons (Fsp3) is 0.235. The highest BCUT2D eigenvalue weighted by molar-refractivity contribution is 7.92. The number of benzene rings is 4. The Morgan fingerprint density at radius 2 is 1.59 bits per heavy atom. The van der Waals surface area contributed by atoms with Gasteiger partial charge >= 0.3 is 0 Å². The Balaban J connectivity index is 1.56. The van der Waals surface area contributed by atoms with Crippen molar-refractivity contribution in [1.29, 1.82) is 0 Å². The summed E-state index contributed by atoms with van der Waals surface area (Å²) in [6, 6.07) is 24.2. The molecule has 5 rings (SSSR count). The molecule has 240 valence electrons. The normalized spacial score (nSPS) is 12.9. The molecule has 10 nitrogen and oxygen atoms in total. The number of fused-ring (bicyclic) bond motifs is 1. The monoisotopic (exact) mass is 647 g/mol. The average molecular weight is 648 g/mol. The Morgan fingerprint density at radius 1 is 0.891 bits per heavy atom. The summed E-state index contributed by atoms with van der Waals surface area (Å²) in [5, 5.41) is 2.65. The zero-order valence-electron chi connectivity index (χ0n) is 25.4. The number of hydrogen-bond donors (Lipinski definition) is 1. The predicted octanol–water partition coefficient (Wildman–Crippen LogP) is 4.19. The number of anilines is 1. The second-order valence-corrected chi connectivity index (χ2v) is 12.3. The van der Waals surface area contributed by atoms with E-state index in [1.54, 1.807) is 24.3 Å². The Morgan fingerprint density at radius 3 is 2.28 bits per heavy atom. The number of hydrogen-bond acceptors (Lipinski definition) is 7. The molecule has 0 bridgehead atoms. The van der Waals surface area contributed by atoms with Crippen molar-refractivity contribution in [3.8, 4) is 17.2 Å². The van der Waals surface area contributed by atoms with Gasteiger partial charge in [-0.05, 0) is 59.7 Å². The summed E-state index contributed by atoms with van der Waals surface area (Å²) in [7, 11) is -1.42. The van der Waals surface area contributed by atoms with Gasteiger partial charge in [-0.3, -0.25) is 13.9 Å². The lowest BCUT2D eigenvalue weighted by molar-refractivity contribution is -0.139. The third kappa shape index (κ3) is 7.40. The van der Waals surface area contributed by atoms with Gasteiger partial charge in [0, 0.05) is 26.1 Å². The van der Waals surface area contributed by atoms with E-state index < -0.39 is 40.2 Å². The summed E-state index contributed by atoms with van der Waals surface area (Å²) >= 11 is 0. The number of ether oxygens (including phenoxy) is 3. The van der Waals surface area contributed by atoms with Crippen molar-refractivity contribution in [3.63, 3.8) is 0 Å². The number of carbonyl (C=O) groups is 2. The Kier molecular flexibility index (Phi) is 10.1. The standard InChI is InChI=1S/C34H34FN3O7S/c1-36-34(40)30(20-24-7-4-3-5-8-24)37(22-25-9-6-10-28(19-25)43-2)33(39)23-38(27-13-11-26(35)12-14-27)46(41,42)29-15-16-31-32(21-29)45-18-17-44-31/h3-16,19,21,30H,17-18,20,22-23H2,1-2H3,(H,36,40)/t30-/m1/s1. The van der Waals surface area contributed by atoms with E-state index in [1.165, 1.54) is 49.4 Å². The molecule has 0 radical (unpaired) electrons. The molecule has 0 aliphatic carbocycles. The van der Waals surface area contributed by atoms with Crippen LogP contribution in [0.4, 0.5) is 10.1 Å². The van der Waals surface area contributed by atoms with Crippen molar-refractivity contribution in [1.82, 2.24) is 10.2 Å². The van der Waals surface area contributed by atoms with E-state index in [-0.39, 0.29) is 35.9 Å². The highest BCUT2D eigenvalue weighted by Crippen LogP contribution is 2.34. The SMILES string of the molecule is CNC(=O)[C@@H](Cc1ccccc1)N(Cc1cccc(OC)c1)C(=O)CN(c1ccc(F)cc1)S(=O)(=O)c1ccc2c(c1)OCCO2. The van der Waals surface area contributed by atoms with Gasteiger partial charge in [0.2, 0.25) is 11.8 Å². The summed E-state index contributed by atoms with van der Waals surface area (Å²) in [4.78, 5) is 29.0. The Hall–Kier alpha value is -5.10. The summed E-state index contributed by atoms with van der Waals surface area (Å²) in [6.45, 7) is -0.136. The molecule has 0 saturated heterocycles. The number of methoxy groups -OCH3 is 1. The van der Waals surface area contributed by atoms with E-state index >= 15 is 0 Å². The van der Waals surface area contributed by atoms with Crippen molar-refractivity contribution in [2.45, 2.75) is 23.9 Å². The van der Waals surface area contributed by atoms with Gasteiger partial charge in [-0.1, -0.05) is 42.5 Å². The first-order chi connectivity index (χ1) is 22.2. The third-order valence-electron chi connectivity index (χ3n) is 7.50. The average Bonchev–Trinajstić information content (AvgIpc) is 3.09. The van der Waals surface area contributed by atoms with Crippen molar-refractivity contribution < 1.29 is 36.6 Å². The van der Waals surface area contributed by atoms with E-state index in [0.717, 1.165) is 22.0 Å². The molecule has 4 aromatic carbocycles. The van der Waals surface area contributed by atoms with E-state index in [9.17, 15) is 22.4 Å². The fourth-order valence-corrected chi connectivity index (χ4v) is 6.57. The van der Waals surface area contributed by atoms with Gasteiger partial charge < -0.3 is 24.4 Å². The molecule has 0 spiro atoms. The molecule has 0 saturated carbocycles. The summed E-state index contributed by atoms with van der Waals surface area (Å²) in [6.07, 6.45) is 0.168. The molecule has 12 heteroatoms. The smallest absolute Gasteiger partial charge is 0.264 e. The minimum absolute atomic E-state index is 0.0255. The third-order valence-corrected chi connectivity index (χ3v) is 9.27. The van der Waals surface area contributed by atoms with Crippen LogP contribution < -0.4 is 23.8 Å². The van der Waals surface area contributed by atoms with E-state index in [2.05, 4.69) is 5.32 Å². The highest BCUT2D eigenvalue weighted by atomic mass is 32.2. The van der Waals surface area contributed by atoms with Crippen LogP contribution in [0.5, 0.6) is 17.2 Å². The zero-order chi connectivity index (χ0) is 32.7. The number of halogens is 1.